The van der Waals surface area contributed by atoms with Crippen LogP contribution in [-0.4, -0.2) is 5.78 Å². The predicted octanol–water partition coefficient (Wildman–Crippen LogP) is 4.06. The van der Waals surface area contributed by atoms with Crippen LogP contribution < -0.4 is 0 Å². The van der Waals surface area contributed by atoms with E-state index in [1.165, 1.54) is 4.88 Å². The molecular formula is C11H15BrOS. The Kier molecular flexibility index (Phi) is 3.90. The number of rotatable bonds is 4. The van der Waals surface area contributed by atoms with Gasteiger partial charge >= 0.3 is 0 Å². The molecule has 0 fully saturated rings. The van der Waals surface area contributed by atoms with Gasteiger partial charge in [-0.3, -0.25) is 0 Å². The van der Waals surface area contributed by atoms with Crippen LogP contribution in [0.25, 0.3) is 0 Å². The van der Waals surface area contributed by atoms with Crippen LogP contribution in [0.15, 0.2) is 15.9 Å². The highest BCUT2D eigenvalue weighted by Crippen LogP contribution is 2.31. The Morgan fingerprint density at radius 3 is 2.57 bits per heavy atom. The molecule has 78 valence electrons. The van der Waals surface area contributed by atoms with Crippen molar-refractivity contribution in [2.75, 3.05) is 0 Å². The molecule has 1 nitrogen and oxygen atoms in total. The molecule has 0 aliphatic rings. The fraction of sp³-hybridized carbons (Fsp3) is 0.545. The summed E-state index contributed by atoms with van der Waals surface area (Å²) in [6, 6.07) is 4.18. The van der Waals surface area contributed by atoms with Crippen LogP contribution in [0, 0.1) is 5.41 Å². The Bertz CT molecular complexity index is 328. The molecule has 0 aliphatic carbocycles. The van der Waals surface area contributed by atoms with E-state index in [0.717, 1.165) is 10.2 Å². The van der Waals surface area contributed by atoms with E-state index in [1.807, 2.05) is 0 Å². The fourth-order valence-electron chi connectivity index (χ4n) is 1.65. The molecule has 0 unspecified atom stereocenters. The molecule has 0 bridgehead atoms. The number of Topliss-reactive ketones (excluding diaryl/α,β-unsaturated/α-hetero) is 1. The van der Waals surface area contributed by atoms with Gasteiger partial charge in [-0.25, -0.2) is 0 Å². The van der Waals surface area contributed by atoms with E-state index in [4.69, 9.17) is 0 Å². The molecule has 0 aromatic carbocycles. The third-order valence-corrected chi connectivity index (χ3v) is 3.63. The minimum absolute atomic E-state index is 0.0795. The number of hydrogen-bond acceptors (Lipinski definition) is 2. The fourth-order valence-corrected chi connectivity index (χ4v) is 3.40. The SMILES string of the molecule is CC(=O)CC(C)(C)Cc1ccc(Br)s1. The number of hydrogen-bond donors (Lipinski definition) is 0. The van der Waals surface area contributed by atoms with Crippen molar-refractivity contribution in [1.82, 2.24) is 0 Å². The Balaban J connectivity index is 2.63. The molecule has 0 aliphatic heterocycles. The largest absolute Gasteiger partial charge is 0.300 e. The number of ketones is 1. The highest BCUT2D eigenvalue weighted by atomic mass is 79.9. The van der Waals surface area contributed by atoms with Crippen LogP contribution in [0.1, 0.15) is 32.1 Å². The molecule has 14 heavy (non-hydrogen) atoms. The molecule has 1 aromatic heterocycles. The summed E-state index contributed by atoms with van der Waals surface area (Å²) in [7, 11) is 0. The minimum Gasteiger partial charge on any atom is -0.300 e. The lowest BCUT2D eigenvalue weighted by Crippen LogP contribution is -2.17. The molecule has 0 N–H and O–H groups in total. The lowest BCUT2D eigenvalue weighted by molar-refractivity contribution is -0.118. The Hall–Kier alpha value is -0.150. The van der Waals surface area contributed by atoms with Crippen molar-refractivity contribution in [2.45, 2.75) is 33.6 Å². The topological polar surface area (TPSA) is 17.1 Å². The number of carbonyl (C=O) groups excluding carboxylic acids is 1. The van der Waals surface area contributed by atoms with Crippen LogP contribution in [0.2, 0.25) is 0 Å². The molecule has 0 spiro atoms. The van der Waals surface area contributed by atoms with E-state index in [9.17, 15) is 4.79 Å². The maximum Gasteiger partial charge on any atom is 0.130 e. The Morgan fingerprint density at radius 1 is 1.50 bits per heavy atom. The first-order valence-corrected chi connectivity index (χ1v) is 6.24. The number of halogens is 1. The van der Waals surface area contributed by atoms with Gasteiger partial charge in [-0.1, -0.05) is 13.8 Å². The Labute approximate surface area is 97.7 Å². The van der Waals surface area contributed by atoms with Crippen molar-refractivity contribution < 1.29 is 4.79 Å². The summed E-state index contributed by atoms with van der Waals surface area (Å²) < 4.78 is 1.16. The van der Waals surface area contributed by atoms with E-state index in [2.05, 4.69) is 41.9 Å². The summed E-state index contributed by atoms with van der Waals surface area (Å²) in [5.74, 6) is 0.269. The molecule has 1 rings (SSSR count). The first-order valence-electron chi connectivity index (χ1n) is 4.63. The summed E-state index contributed by atoms with van der Waals surface area (Å²) in [5, 5.41) is 0. The van der Waals surface area contributed by atoms with Gasteiger partial charge in [-0.05, 0) is 46.8 Å². The van der Waals surface area contributed by atoms with Crippen LogP contribution in [0.5, 0.6) is 0 Å². The van der Waals surface area contributed by atoms with Crippen LogP contribution in [0.4, 0.5) is 0 Å². The third kappa shape index (κ3) is 3.93. The molecule has 0 radical (unpaired) electrons. The van der Waals surface area contributed by atoms with Crippen molar-refractivity contribution in [3.63, 3.8) is 0 Å². The van der Waals surface area contributed by atoms with Crippen LogP contribution in [-0.2, 0) is 11.2 Å². The summed E-state index contributed by atoms with van der Waals surface area (Å²) in [6.07, 6.45) is 1.63. The Morgan fingerprint density at radius 2 is 2.14 bits per heavy atom. The van der Waals surface area contributed by atoms with Crippen molar-refractivity contribution in [2.24, 2.45) is 5.41 Å². The summed E-state index contributed by atoms with van der Waals surface area (Å²) in [6.45, 7) is 5.94. The smallest absolute Gasteiger partial charge is 0.130 e. The second kappa shape index (κ2) is 4.58. The second-order valence-electron chi connectivity index (χ2n) is 4.43. The van der Waals surface area contributed by atoms with E-state index in [-0.39, 0.29) is 11.2 Å². The first-order chi connectivity index (χ1) is 6.39. The van der Waals surface area contributed by atoms with Crippen LogP contribution >= 0.6 is 27.3 Å². The van der Waals surface area contributed by atoms with E-state index in [1.54, 1.807) is 18.3 Å². The van der Waals surface area contributed by atoms with E-state index >= 15 is 0 Å². The zero-order valence-electron chi connectivity index (χ0n) is 8.76. The first kappa shape index (κ1) is 11.9. The molecule has 0 amide bonds. The molecule has 3 heteroatoms. The zero-order chi connectivity index (χ0) is 10.8. The van der Waals surface area contributed by atoms with E-state index in [0.29, 0.717) is 6.42 Å². The molecular weight excluding hydrogens is 260 g/mol. The van der Waals surface area contributed by atoms with Crippen molar-refractivity contribution in [1.29, 1.82) is 0 Å². The predicted molar refractivity (Wildman–Crippen MR) is 64.8 cm³/mol. The lowest BCUT2D eigenvalue weighted by atomic mass is 9.84. The van der Waals surface area contributed by atoms with Gasteiger partial charge in [0.2, 0.25) is 0 Å². The third-order valence-electron chi connectivity index (χ3n) is 2.01. The van der Waals surface area contributed by atoms with Crippen LogP contribution in [0.3, 0.4) is 0 Å². The maximum absolute atomic E-state index is 11.0. The number of thiophene rings is 1. The van der Waals surface area contributed by atoms with Gasteiger partial charge in [-0.15, -0.1) is 11.3 Å². The molecule has 0 saturated heterocycles. The quantitative estimate of drug-likeness (QED) is 0.810. The summed E-state index contributed by atoms with van der Waals surface area (Å²) in [4.78, 5) is 12.4. The van der Waals surface area contributed by atoms with Crippen molar-refractivity contribution in [3.8, 4) is 0 Å². The van der Waals surface area contributed by atoms with Gasteiger partial charge in [0.05, 0.1) is 3.79 Å². The van der Waals surface area contributed by atoms with Gasteiger partial charge in [0, 0.05) is 11.3 Å². The van der Waals surface area contributed by atoms with Crippen molar-refractivity contribution in [3.05, 3.63) is 20.8 Å². The van der Waals surface area contributed by atoms with Gasteiger partial charge in [-0.2, -0.15) is 0 Å². The van der Waals surface area contributed by atoms with Gasteiger partial charge < -0.3 is 4.79 Å². The number of carbonyl (C=O) groups is 1. The normalized spacial score (nSPS) is 11.7. The standard InChI is InChI=1S/C11H15BrOS/c1-8(13)6-11(2,3)7-9-4-5-10(12)14-9/h4-5H,6-7H2,1-3H3. The average Bonchev–Trinajstić information content (AvgIpc) is 2.30. The average molecular weight is 275 g/mol. The van der Waals surface area contributed by atoms with E-state index < -0.39 is 0 Å². The lowest BCUT2D eigenvalue weighted by Gasteiger charge is -2.22. The van der Waals surface area contributed by atoms with Gasteiger partial charge in [0.1, 0.15) is 5.78 Å². The second-order valence-corrected chi connectivity index (χ2v) is 6.97. The molecule has 0 atom stereocenters. The monoisotopic (exact) mass is 274 g/mol. The minimum atomic E-state index is 0.0795. The molecule has 1 heterocycles. The maximum atomic E-state index is 11.0. The van der Waals surface area contributed by atoms with Gasteiger partial charge in [0.15, 0.2) is 0 Å². The summed E-state index contributed by atoms with van der Waals surface area (Å²) in [5.41, 5.74) is 0.0795. The highest BCUT2D eigenvalue weighted by molar-refractivity contribution is 9.11. The summed E-state index contributed by atoms with van der Waals surface area (Å²) >= 11 is 5.19. The molecule has 0 saturated carbocycles. The van der Waals surface area contributed by atoms with Gasteiger partial charge in [0.25, 0.3) is 0 Å². The molecule has 1 aromatic rings. The highest BCUT2D eigenvalue weighted by Gasteiger charge is 2.21. The zero-order valence-corrected chi connectivity index (χ0v) is 11.2. The van der Waals surface area contributed by atoms with Crippen molar-refractivity contribution >= 4 is 33.0 Å².